The van der Waals surface area contributed by atoms with E-state index in [1.165, 1.54) is 12.3 Å². The number of carbonyl (C=O) groups excluding carboxylic acids is 1. The molecule has 0 spiro atoms. The van der Waals surface area contributed by atoms with Gasteiger partial charge in [-0.1, -0.05) is 12.8 Å². The minimum Gasteiger partial charge on any atom is -0.463 e. The maximum atomic E-state index is 13.1. The lowest BCUT2D eigenvalue weighted by Gasteiger charge is -2.35. The minimum absolute atomic E-state index is 0.0278. The highest BCUT2D eigenvalue weighted by Crippen LogP contribution is 2.60. The van der Waals surface area contributed by atoms with E-state index >= 15 is 0 Å². The van der Waals surface area contributed by atoms with E-state index in [0.717, 1.165) is 4.57 Å². The summed E-state index contributed by atoms with van der Waals surface area (Å²) in [6, 6.07) is 1.17. The summed E-state index contributed by atoms with van der Waals surface area (Å²) in [4.78, 5) is 37.6. The van der Waals surface area contributed by atoms with Gasteiger partial charge in [0.2, 0.25) is 0 Å². The summed E-state index contributed by atoms with van der Waals surface area (Å²) >= 11 is 0. The number of ether oxygens (including phenoxy) is 2. The van der Waals surface area contributed by atoms with Crippen LogP contribution < -0.4 is 11.2 Å². The van der Waals surface area contributed by atoms with Gasteiger partial charge in [0.25, 0.3) is 5.56 Å². The van der Waals surface area contributed by atoms with Gasteiger partial charge in [-0.3, -0.25) is 32.7 Å². The molecule has 0 aromatic carbocycles. The Balaban J connectivity index is 1.66. The second kappa shape index (κ2) is 9.95. The third-order valence-electron chi connectivity index (χ3n) is 5.53. The average Bonchev–Trinajstić information content (AvgIpc) is 3.02. The van der Waals surface area contributed by atoms with Crippen molar-refractivity contribution in [2.75, 3.05) is 13.2 Å². The average molecular weight is 484 g/mol. The fraction of sp³-hybridized carbons (Fsp3) is 0.667. The van der Waals surface area contributed by atoms with Gasteiger partial charge >= 0.3 is 19.5 Å². The second-order valence-electron chi connectivity index (χ2n) is 8.72. The Kier molecular flexibility index (Phi) is 7.66. The number of aromatic amines is 1. The Morgan fingerprint density at radius 2 is 2.15 bits per heavy atom. The molecule has 3 rings (SSSR count). The number of H-pyrrole nitrogens is 1. The molecular weight excluding hydrogens is 455 g/mol. The fourth-order valence-electron chi connectivity index (χ4n) is 3.72. The van der Waals surface area contributed by atoms with E-state index < -0.39 is 42.9 Å². The van der Waals surface area contributed by atoms with Gasteiger partial charge in [-0.2, -0.15) is 0 Å². The number of esters is 1. The first-order chi connectivity index (χ1) is 15.5. The lowest BCUT2D eigenvalue weighted by molar-refractivity contribution is -0.147. The predicted molar refractivity (Wildman–Crippen MR) is 116 cm³/mol. The van der Waals surface area contributed by atoms with E-state index in [9.17, 15) is 18.9 Å². The Hall–Kier alpha value is -2.22. The molecule has 0 radical (unpaired) electrons. The van der Waals surface area contributed by atoms with Crippen molar-refractivity contribution < 1.29 is 32.4 Å². The first-order valence-electron chi connectivity index (χ1n) is 10.7. The number of phosphoric acid groups is 1. The number of fused-ring (bicyclic) bond motifs is 1. The van der Waals surface area contributed by atoms with Crippen molar-refractivity contribution >= 4 is 13.8 Å². The van der Waals surface area contributed by atoms with Crippen LogP contribution in [0.15, 0.2) is 21.9 Å². The monoisotopic (exact) mass is 484 g/mol. The van der Waals surface area contributed by atoms with Crippen molar-refractivity contribution in [2.45, 2.75) is 65.1 Å². The van der Waals surface area contributed by atoms with Crippen LogP contribution in [0.1, 0.15) is 46.8 Å². The van der Waals surface area contributed by atoms with E-state index in [4.69, 9.17) is 29.5 Å². The molecule has 0 bridgehead atoms. The molecule has 1 aromatic rings. The third kappa shape index (κ3) is 5.65. The largest absolute Gasteiger partial charge is 0.475 e. The molecule has 33 heavy (non-hydrogen) atoms. The predicted octanol–water partition coefficient (Wildman–Crippen LogP) is 1.98. The van der Waals surface area contributed by atoms with Gasteiger partial charge in [-0.15, -0.1) is 6.42 Å². The highest BCUT2D eigenvalue weighted by molar-refractivity contribution is 7.48. The summed E-state index contributed by atoms with van der Waals surface area (Å²) in [5.74, 6) is 2.16. The zero-order valence-electron chi connectivity index (χ0n) is 19.0. The van der Waals surface area contributed by atoms with Crippen LogP contribution in [0, 0.1) is 23.7 Å². The quantitative estimate of drug-likeness (QED) is 0.334. The normalized spacial score (nSPS) is 32.2. The number of carbonyl (C=O) groups is 1. The van der Waals surface area contributed by atoms with Crippen molar-refractivity contribution in [1.29, 1.82) is 0 Å². The topological polar surface area (TPSA) is 135 Å². The molecule has 0 aliphatic carbocycles. The molecule has 0 amide bonds. The summed E-state index contributed by atoms with van der Waals surface area (Å²) in [7, 11) is -3.98. The minimum atomic E-state index is -3.98. The molecule has 1 N–H and O–H groups in total. The van der Waals surface area contributed by atoms with Crippen LogP contribution in [-0.4, -0.2) is 47.0 Å². The van der Waals surface area contributed by atoms with Gasteiger partial charge in [0.15, 0.2) is 6.23 Å². The van der Waals surface area contributed by atoms with Crippen LogP contribution in [0.3, 0.4) is 0 Å². The Morgan fingerprint density at radius 3 is 2.79 bits per heavy atom. The molecule has 6 atom stereocenters. The van der Waals surface area contributed by atoms with E-state index in [0.29, 0.717) is 6.42 Å². The van der Waals surface area contributed by atoms with E-state index in [1.807, 2.05) is 6.92 Å². The summed E-state index contributed by atoms with van der Waals surface area (Å²) in [6.45, 7) is 6.93. The van der Waals surface area contributed by atoms with E-state index in [2.05, 4.69) is 10.9 Å². The molecule has 2 saturated heterocycles. The Morgan fingerprint density at radius 1 is 1.42 bits per heavy atom. The number of hydrogen-bond donors (Lipinski definition) is 1. The molecule has 2 fully saturated rings. The van der Waals surface area contributed by atoms with Crippen molar-refractivity contribution in [3.05, 3.63) is 33.1 Å². The van der Waals surface area contributed by atoms with Gasteiger partial charge in [-0.25, -0.2) is 9.36 Å². The highest BCUT2D eigenvalue weighted by Gasteiger charge is 2.60. The van der Waals surface area contributed by atoms with E-state index in [1.54, 1.807) is 20.8 Å². The van der Waals surface area contributed by atoms with Crippen LogP contribution in [0.4, 0.5) is 0 Å². The lowest BCUT2D eigenvalue weighted by atomic mass is 9.83. The van der Waals surface area contributed by atoms with Gasteiger partial charge in [-0.05, 0) is 33.1 Å². The first kappa shape index (κ1) is 25.4. The van der Waals surface area contributed by atoms with Crippen molar-refractivity contribution in [2.24, 2.45) is 11.3 Å². The second-order valence-corrected chi connectivity index (χ2v) is 10.3. The van der Waals surface area contributed by atoms with Crippen molar-refractivity contribution in [1.82, 2.24) is 9.55 Å². The number of terminal acetylenes is 1. The summed E-state index contributed by atoms with van der Waals surface area (Å²) in [5.41, 5.74) is -2.46. The maximum absolute atomic E-state index is 13.1. The zero-order valence-corrected chi connectivity index (χ0v) is 19.9. The molecule has 11 nitrogen and oxygen atoms in total. The number of phosphoric ester groups is 1. The van der Waals surface area contributed by atoms with Gasteiger partial charge < -0.3 is 9.47 Å². The van der Waals surface area contributed by atoms with E-state index in [-0.39, 0.29) is 37.6 Å². The lowest BCUT2D eigenvalue weighted by Crippen LogP contribution is -2.43. The third-order valence-corrected chi connectivity index (χ3v) is 6.94. The number of hydrogen-bond acceptors (Lipinski definition) is 9. The molecule has 1 aromatic heterocycles. The number of nitrogens with one attached hydrogen (secondary N) is 1. The molecule has 12 heteroatoms. The van der Waals surface area contributed by atoms with Gasteiger partial charge in [0.1, 0.15) is 17.6 Å². The molecule has 3 heterocycles. The zero-order chi connectivity index (χ0) is 24.4. The smallest absolute Gasteiger partial charge is 0.463 e. The van der Waals surface area contributed by atoms with Crippen LogP contribution in [0.25, 0.3) is 0 Å². The van der Waals surface area contributed by atoms with Crippen LogP contribution in [0.5, 0.6) is 0 Å². The number of nitrogens with zero attached hydrogens (tertiary/aromatic N) is 1. The Labute approximate surface area is 191 Å². The van der Waals surface area contributed by atoms with Crippen molar-refractivity contribution in [3.63, 3.8) is 0 Å². The summed E-state index contributed by atoms with van der Waals surface area (Å²) in [6.07, 6.45) is 4.98. The Bertz CT molecular complexity index is 1070. The van der Waals surface area contributed by atoms with Gasteiger partial charge in [0, 0.05) is 18.7 Å². The summed E-state index contributed by atoms with van der Waals surface area (Å²) < 4.78 is 41.9. The molecule has 0 saturated carbocycles. The number of rotatable bonds is 8. The van der Waals surface area contributed by atoms with Crippen LogP contribution in [0.2, 0.25) is 0 Å². The SMILES string of the molecule is C#C[C@]1(C)[C@@H]2O[P@@](=O)(OCC(C)CCC(=O)OC(C)C)OC[C@H]2O[C@H]1n1ccc(=O)[nH]c1=O. The molecule has 2 aliphatic heterocycles. The first-order valence-corrected chi connectivity index (χ1v) is 12.1. The van der Waals surface area contributed by atoms with Crippen LogP contribution in [-0.2, 0) is 32.4 Å². The van der Waals surface area contributed by atoms with Gasteiger partial charge in [0.05, 0.1) is 19.3 Å². The maximum Gasteiger partial charge on any atom is 0.475 e. The molecular formula is C21H29N2O9P. The standard InChI is InChI=1S/C21H29N2O9P/c1-6-21(5)18-15(31-19(21)23-10-9-16(24)22-20(23)26)12-29-33(27,32-18)28-11-14(4)7-8-17(25)30-13(2)3/h1,9-10,13-15,18-19H,7-8,11-12H2,2-5H3,(H,22,24,26)/t14?,15-,18-,19-,21-,33+/m1/s1. The fourth-order valence-corrected chi connectivity index (χ4v) is 5.31. The van der Waals surface area contributed by atoms with Crippen molar-refractivity contribution in [3.8, 4) is 12.3 Å². The molecule has 1 unspecified atom stereocenters. The highest BCUT2D eigenvalue weighted by atomic mass is 31.2. The molecule has 2 aliphatic rings. The number of aromatic nitrogens is 2. The summed E-state index contributed by atoms with van der Waals surface area (Å²) in [5, 5.41) is 0. The van der Waals surface area contributed by atoms with Crippen LogP contribution >= 0.6 is 7.82 Å². The molecule has 182 valence electrons.